The van der Waals surface area contributed by atoms with E-state index in [1.54, 1.807) is 24.3 Å². The summed E-state index contributed by atoms with van der Waals surface area (Å²) in [6.07, 6.45) is 2.98. The fourth-order valence-electron chi connectivity index (χ4n) is 3.46. The molecule has 3 rings (SSSR count). The van der Waals surface area contributed by atoms with Crippen LogP contribution in [-0.4, -0.2) is 45.7 Å². The van der Waals surface area contributed by atoms with E-state index < -0.39 is 30.6 Å². The van der Waals surface area contributed by atoms with Crippen LogP contribution in [0.2, 0.25) is 0 Å². The van der Waals surface area contributed by atoms with E-state index in [9.17, 15) is 19.8 Å². The molecule has 0 bridgehead atoms. The third-order valence-corrected chi connectivity index (χ3v) is 4.62. The summed E-state index contributed by atoms with van der Waals surface area (Å²) in [6, 6.07) is 5.75. The number of aliphatic hydroxyl groups excluding tert-OH is 2. The summed E-state index contributed by atoms with van der Waals surface area (Å²) in [5, 5.41) is 20.1. The van der Waals surface area contributed by atoms with Gasteiger partial charge in [0.25, 0.3) is 11.8 Å². The number of imide groups is 1. The van der Waals surface area contributed by atoms with Gasteiger partial charge in [0.15, 0.2) is 0 Å². The highest BCUT2D eigenvalue weighted by Gasteiger charge is 2.44. The number of nitrogens with zero attached hydrogens (tertiary/aromatic N) is 1. The molecule has 1 aliphatic carbocycles. The van der Waals surface area contributed by atoms with Crippen LogP contribution < -0.4 is 0 Å². The summed E-state index contributed by atoms with van der Waals surface area (Å²) in [4.78, 5) is 25.9. The summed E-state index contributed by atoms with van der Waals surface area (Å²) >= 11 is 0. The lowest BCUT2D eigenvalue weighted by atomic mass is 9.94. The Labute approximate surface area is 123 Å². The molecule has 1 saturated carbocycles. The first-order chi connectivity index (χ1) is 10.1. The van der Waals surface area contributed by atoms with Crippen LogP contribution in [0.3, 0.4) is 0 Å². The summed E-state index contributed by atoms with van der Waals surface area (Å²) in [6.45, 7) is -0.414. The van der Waals surface area contributed by atoms with Gasteiger partial charge in [-0.3, -0.25) is 14.5 Å². The van der Waals surface area contributed by atoms with Crippen molar-refractivity contribution in [3.63, 3.8) is 0 Å². The van der Waals surface area contributed by atoms with E-state index in [0.717, 1.165) is 30.6 Å². The third kappa shape index (κ3) is 2.26. The van der Waals surface area contributed by atoms with Gasteiger partial charge in [-0.2, -0.15) is 0 Å². The van der Waals surface area contributed by atoms with Crippen molar-refractivity contribution < 1.29 is 19.8 Å². The molecule has 2 N–H and O–H groups in total. The van der Waals surface area contributed by atoms with Gasteiger partial charge in [0.2, 0.25) is 0 Å². The molecule has 0 unspecified atom stereocenters. The number of benzene rings is 1. The largest absolute Gasteiger partial charge is 0.394 e. The van der Waals surface area contributed by atoms with E-state index in [1.807, 2.05) is 0 Å². The predicted octanol–water partition coefficient (Wildman–Crippen LogP) is 1.19. The highest BCUT2D eigenvalue weighted by atomic mass is 16.3. The smallest absolute Gasteiger partial charge is 0.261 e. The van der Waals surface area contributed by atoms with E-state index in [0.29, 0.717) is 11.1 Å². The Kier molecular flexibility index (Phi) is 3.78. The molecular formula is C16H19NO4. The topological polar surface area (TPSA) is 77.8 Å². The zero-order valence-corrected chi connectivity index (χ0v) is 11.7. The molecule has 112 valence electrons. The first-order valence-electron chi connectivity index (χ1n) is 7.41. The van der Waals surface area contributed by atoms with Crippen molar-refractivity contribution in [3.05, 3.63) is 35.4 Å². The number of rotatable bonds is 4. The van der Waals surface area contributed by atoms with Gasteiger partial charge in [-0.15, -0.1) is 0 Å². The summed E-state index contributed by atoms with van der Waals surface area (Å²) in [5.41, 5.74) is 0.694. The average molecular weight is 289 g/mol. The Morgan fingerprint density at radius 1 is 1.10 bits per heavy atom. The SMILES string of the molecule is O=C1c2ccccc2C(=O)N1[C@@H](CO)[C@@H](O)C1CCCC1. The van der Waals surface area contributed by atoms with Gasteiger partial charge in [0.1, 0.15) is 0 Å². The van der Waals surface area contributed by atoms with Gasteiger partial charge in [-0.1, -0.05) is 25.0 Å². The Bertz CT molecular complexity index is 530. The minimum Gasteiger partial charge on any atom is -0.394 e. The fourth-order valence-corrected chi connectivity index (χ4v) is 3.46. The van der Waals surface area contributed by atoms with E-state index in [-0.39, 0.29) is 5.92 Å². The molecule has 21 heavy (non-hydrogen) atoms. The maximum absolute atomic E-state index is 12.4. The molecule has 0 spiro atoms. The van der Waals surface area contributed by atoms with Gasteiger partial charge in [0.05, 0.1) is 29.9 Å². The summed E-state index contributed by atoms with van der Waals surface area (Å²) in [5.74, 6) is -0.801. The van der Waals surface area contributed by atoms with Crippen molar-refractivity contribution >= 4 is 11.8 Å². The third-order valence-electron chi connectivity index (χ3n) is 4.62. The highest BCUT2D eigenvalue weighted by molar-refractivity contribution is 6.21. The van der Waals surface area contributed by atoms with Crippen LogP contribution in [0.15, 0.2) is 24.3 Å². The number of amides is 2. The molecule has 2 atom stereocenters. The molecule has 5 nitrogen and oxygen atoms in total. The van der Waals surface area contributed by atoms with E-state index >= 15 is 0 Å². The average Bonchev–Trinajstić information content (AvgIpc) is 3.11. The van der Waals surface area contributed by atoms with Crippen LogP contribution in [0.4, 0.5) is 0 Å². The molecule has 1 aromatic rings. The molecule has 2 amide bonds. The summed E-state index contributed by atoms with van der Waals surface area (Å²) < 4.78 is 0. The first-order valence-corrected chi connectivity index (χ1v) is 7.41. The highest BCUT2D eigenvalue weighted by Crippen LogP contribution is 2.33. The van der Waals surface area contributed by atoms with Crippen molar-refractivity contribution in [3.8, 4) is 0 Å². The normalized spacial score (nSPS) is 21.7. The zero-order valence-electron chi connectivity index (χ0n) is 11.7. The minimum absolute atomic E-state index is 0.0477. The molecule has 1 aliphatic heterocycles. The van der Waals surface area contributed by atoms with Crippen LogP contribution >= 0.6 is 0 Å². The van der Waals surface area contributed by atoms with Gasteiger partial charge in [-0.25, -0.2) is 0 Å². The molecule has 1 fully saturated rings. The van der Waals surface area contributed by atoms with Gasteiger partial charge < -0.3 is 10.2 Å². The molecule has 0 saturated heterocycles. The Morgan fingerprint density at radius 3 is 2.10 bits per heavy atom. The number of fused-ring (bicyclic) bond motifs is 1. The fraction of sp³-hybridized carbons (Fsp3) is 0.500. The number of aliphatic hydroxyl groups is 2. The van der Waals surface area contributed by atoms with Gasteiger partial charge in [-0.05, 0) is 30.9 Å². The maximum atomic E-state index is 12.4. The van der Waals surface area contributed by atoms with E-state index in [2.05, 4.69) is 0 Å². The van der Waals surface area contributed by atoms with Crippen LogP contribution in [0.5, 0.6) is 0 Å². The number of carbonyl (C=O) groups excluding carboxylic acids is 2. The minimum atomic E-state index is -0.861. The van der Waals surface area contributed by atoms with Crippen LogP contribution in [-0.2, 0) is 0 Å². The monoisotopic (exact) mass is 289 g/mol. The predicted molar refractivity (Wildman–Crippen MR) is 75.8 cm³/mol. The maximum Gasteiger partial charge on any atom is 0.261 e. The number of carbonyl (C=O) groups is 2. The van der Waals surface area contributed by atoms with Crippen LogP contribution in [0.1, 0.15) is 46.4 Å². The van der Waals surface area contributed by atoms with Crippen molar-refractivity contribution in [2.45, 2.75) is 37.8 Å². The Balaban J connectivity index is 1.88. The first kappa shape index (κ1) is 14.2. The molecule has 1 aromatic carbocycles. The molecule has 1 heterocycles. The zero-order chi connectivity index (χ0) is 15.0. The second-order valence-corrected chi connectivity index (χ2v) is 5.81. The molecule has 0 aromatic heterocycles. The van der Waals surface area contributed by atoms with E-state index in [4.69, 9.17) is 0 Å². The number of hydrogen-bond donors (Lipinski definition) is 2. The quantitative estimate of drug-likeness (QED) is 0.816. The Hall–Kier alpha value is -1.72. The lowest BCUT2D eigenvalue weighted by Crippen LogP contribution is -2.51. The molecule has 2 aliphatic rings. The van der Waals surface area contributed by atoms with Crippen molar-refractivity contribution in [2.75, 3.05) is 6.61 Å². The lowest BCUT2D eigenvalue weighted by Gasteiger charge is -2.32. The summed E-state index contributed by atoms with van der Waals surface area (Å²) in [7, 11) is 0. The van der Waals surface area contributed by atoms with E-state index in [1.165, 1.54) is 0 Å². The Morgan fingerprint density at radius 2 is 1.62 bits per heavy atom. The van der Waals surface area contributed by atoms with Crippen LogP contribution in [0.25, 0.3) is 0 Å². The second-order valence-electron chi connectivity index (χ2n) is 5.81. The van der Waals surface area contributed by atoms with Gasteiger partial charge in [0, 0.05) is 0 Å². The van der Waals surface area contributed by atoms with Crippen molar-refractivity contribution in [1.82, 2.24) is 4.90 Å². The van der Waals surface area contributed by atoms with Crippen LogP contribution in [0, 0.1) is 5.92 Å². The van der Waals surface area contributed by atoms with Gasteiger partial charge >= 0.3 is 0 Å². The molecular weight excluding hydrogens is 270 g/mol. The van der Waals surface area contributed by atoms with Crippen molar-refractivity contribution in [2.24, 2.45) is 5.92 Å². The number of hydrogen-bond acceptors (Lipinski definition) is 4. The molecule has 0 radical (unpaired) electrons. The lowest BCUT2D eigenvalue weighted by molar-refractivity contribution is -0.00291. The second kappa shape index (κ2) is 5.58. The van der Waals surface area contributed by atoms with Crippen molar-refractivity contribution in [1.29, 1.82) is 0 Å². The molecule has 5 heteroatoms. The standard InChI is InChI=1S/C16H19NO4/c18-9-13(14(19)10-5-1-2-6-10)17-15(20)11-7-3-4-8-12(11)16(17)21/h3-4,7-8,10,13-14,18-19H,1-2,5-6,9H2/t13-,14-/m0/s1.